The molecule has 2 heterocycles. The molecular weight excluding hydrogens is 234 g/mol. The number of aromatic nitrogens is 2. The van der Waals surface area contributed by atoms with Crippen molar-refractivity contribution in [2.45, 2.75) is 53.5 Å². The highest BCUT2D eigenvalue weighted by atomic mass is 15.2. The van der Waals surface area contributed by atoms with E-state index in [0.717, 1.165) is 25.5 Å². The van der Waals surface area contributed by atoms with Gasteiger partial charge in [-0.05, 0) is 62.3 Å². The van der Waals surface area contributed by atoms with E-state index in [0.29, 0.717) is 0 Å². The smallest absolute Gasteiger partial charge is 0.203 e. The maximum absolute atomic E-state index is 4.88. The number of nitrogens with zero attached hydrogens (tertiary/aromatic N) is 2. The summed E-state index contributed by atoms with van der Waals surface area (Å²) in [4.78, 5) is 4.88. The maximum atomic E-state index is 4.88. The monoisotopic (exact) mass is 257 g/mol. The molecule has 0 amide bonds. The van der Waals surface area contributed by atoms with Crippen LogP contribution in [0, 0.1) is 20.8 Å². The highest BCUT2D eigenvalue weighted by molar-refractivity contribution is 5.88. The number of imidazole rings is 1. The number of anilines is 1. The van der Waals surface area contributed by atoms with Crippen LogP contribution in [0.5, 0.6) is 0 Å². The molecule has 102 valence electrons. The molecule has 2 aromatic rings. The molecule has 1 aliphatic heterocycles. The molecule has 0 aliphatic carbocycles. The molecule has 3 heteroatoms. The van der Waals surface area contributed by atoms with Crippen LogP contribution in [0.2, 0.25) is 0 Å². The number of hydrogen-bond donors (Lipinski definition) is 1. The van der Waals surface area contributed by atoms with E-state index in [-0.39, 0.29) is 0 Å². The molecule has 1 N–H and O–H groups in total. The Morgan fingerprint density at radius 3 is 2.68 bits per heavy atom. The van der Waals surface area contributed by atoms with E-state index in [1.54, 1.807) is 0 Å². The van der Waals surface area contributed by atoms with Crippen molar-refractivity contribution in [2.75, 3.05) is 11.9 Å². The van der Waals surface area contributed by atoms with Gasteiger partial charge in [0.05, 0.1) is 11.0 Å². The molecule has 0 radical (unpaired) electrons. The zero-order valence-electron chi connectivity index (χ0n) is 12.4. The van der Waals surface area contributed by atoms with Crippen LogP contribution in [0.15, 0.2) is 0 Å². The largest absolute Gasteiger partial charge is 0.356 e. The zero-order chi connectivity index (χ0) is 13.6. The van der Waals surface area contributed by atoms with Crippen LogP contribution < -0.4 is 5.32 Å². The summed E-state index contributed by atoms with van der Waals surface area (Å²) in [5.74, 6) is 1.06. The van der Waals surface area contributed by atoms with Gasteiger partial charge in [-0.3, -0.25) is 0 Å². The van der Waals surface area contributed by atoms with E-state index in [9.17, 15) is 0 Å². The zero-order valence-corrected chi connectivity index (χ0v) is 12.4. The van der Waals surface area contributed by atoms with Gasteiger partial charge in [0.15, 0.2) is 0 Å². The van der Waals surface area contributed by atoms with Gasteiger partial charge in [-0.15, -0.1) is 0 Å². The predicted molar refractivity (Wildman–Crippen MR) is 81.0 cm³/mol. The standard InChI is InChI=1S/C16H23N3/c1-5-8-17-16-18-14-12(4)10(2)11(3)13-7-6-9-19(16)15(13)14/h5-9H2,1-4H3,(H,17,18). The first-order chi connectivity index (χ1) is 9.15. The average molecular weight is 257 g/mol. The SMILES string of the molecule is CCCNc1nc2c(C)c(C)c(C)c3c2n1CCC3. The molecule has 1 aliphatic rings. The molecule has 0 atom stereocenters. The fourth-order valence-corrected chi connectivity index (χ4v) is 3.19. The second kappa shape index (κ2) is 4.55. The van der Waals surface area contributed by atoms with Gasteiger partial charge in [-0.1, -0.05) is 6.92 Å². The molecule has 0 spiro atoms. The van der Waals surface area contributed by atoms with Crippen molar-refractivity contribution in [3.63, 3.8) is 0 Å². The van der Waals surface area contributed by atoms with E-state index >= 15 is 0 Å². The highest BCUT2D eigenvalue weighted by Gasteiger charge is 2.22. The second-order valence-corrected chi connectivity index (χ2v) is 5.67. The number of benzene rings is 1. The summed E-state index contributed by atoms with van der Waals surface area (Å²) >= 11 is 0. The van der Waals surface area contributed by atoms with Crippen molar-refractivity contribution in [3.8, 4) is 0 Å². The van der Waals surface area contributed by atoms with Gasteiger partial charge in [0.25, 0.3) is 0 Å². The molecule has 0 saturated carbocycles. The second-order valence-electron chi connectivity index (χ2n) is 5.67. The van der Waals surface area contributed by atoms with E-state index < -0.39 is 0 Å². The van der Waals surface area contributed by atoms with Crippen molar-refractivity contribution < 1.29 is 0 Å². The van der Waals surface area contributed by atoms with Crippen molar-refractivity contribution in [1.82, 2.24) is 9.55 Å². The first kappa shape index (κ1) is 12.5. The third-order valence-electron chi connectivity index (χ3n) is 4.53. The number of rotatable bonds is 3. The summed E-state index contributed by atoms with van der Waals surface area (Å²) in [5.41, 5.74) is 8.32. The molecule has 0 bridgehead atoms. The normalized spacial score (nSPS) is 14.1. The van der Waals surface area contributed by atoms with Gasteiger partial charge >= 0.3 is 0 Å². The van der Waals surface area contributed by atoms with E-state index in [1.165, 1.54) is 46.1 Å². The average Bonchev–Trinajstić information content (AvgIpc) is 2.80. The Morgan fingerprint density at radius 1 is 1.16 bits per heavy atom. The summed E-state index contributed by atoms with van der Waals surface area (Å²) in [5, 5.41) is 3.48. The summed E-state index contributed by atoms with van der Waals surface area (Å²) in [6, 6.07) is 0. The van der Waals surface area contributed by atoms with E-state index in [1.807, 2.05) is 0 Å². The lowest BCUT2D eigenvalue weighted by atomic mass is 9.92. The van der Waals surface area contributed by atoms with Gasteiger partial charge in [0.1, 0.15) is 0 Å². The summed E-state index contributed by atoms with van der Waals surface area (Å²) in [6.07, 6.45) is 3.55. The van der Waals surface area contributed by atoms with Gasteiger partial charge in [0, 0.05) is 13.1 Å². The molecule has 0 unspecified atom stereocenters. The van der Waals surface area contributed by atoms with Crippen LogP contribution in [-0.4, -0.2) is 16.1 Å². The Labute approximate surface area is 115 Å². The molecule has 1 aromatic heterocycles. The molecule has 0 saturated heterocycles. The van der Waals surface area contributed by atoms with Crippen LogP contribution >= 0.6 is 0 Å². The molecule has 1 aromatic carbocycles. The van der Waals surface area contributed by atoms with Crippen LogP contribution in [0.1, 0.15) is 42.0 Å². The third kappa shape index (κ3) is 1.75. The van der Waals surface area contributed by atoms with E-state index in [4.69, 9.17) is 4.98 Å². The Balaban J connectivity index is 2.29. The van der Waals surface area contributed by atoms with E-state index in [2.05, 4.69) is 37.6 Å². The Morgan fingerprint density at radius 2 is 1.95 bits per heavy atom. The third-order valence-corrected chi connectivity index (χ3v) is 4.53. The first-order valence-electron chi connectivity index (χ1n) is 7.37. The fraction of sp³-hybridized carbons (Fsp3) is 0.562. The summed E-state index contributed by atoms with van der Waals surface area (Å²) in [6.45, 7) is 11.0. The summed E-state index contributed by atoms with van der Waals surface area (Å²) < 4.78 is 2.39. The quantitative estimate of drug-likeness (QED) is 0.908. The van der Waals surface area contributed by atoms with Crippen LogP contribution in [0.3, 0.4) is 0 Å². The first-order valence-corrected chi connectivity index (χ1v) is 7.37. The lowest BCUT2D eigenvalue weighted by Crippen LogP contribution is -2.13. The van der Waals surface area contributed by atoms with Crippen molar-refractivity contribution >= 4 is 17.0 Å². The molecule has 19 heavy (non-hydrogen) atoms. The highest BCUT2D eigenvalue weighted by Crippen LogP contribution is 2.35. The minimum Gasteiger partial charge on any atom is -0.356 e. The van der Waals surface area contributed by atoms with Crippen LogP contribution in [0.4, 0.5) is 5.95 Å². The molecule has 0 fully saturated rings. The number of hydrogen-bond acceptors (Lipinski definition) is 2. The summed E-state index contributed by atoms with van der Waals surface area (Å²) in [7, 11) is 0. The molecular formula is C16H23N3. The predicted octanol–water partition coefficient (Wildman–Crippen LogP) is 3.73. The Bertz CT molecular complexity index is 637. The number of aryl methyl sites for hydroxylation is 3. The van der Waals surface area contributed by atoms with Crippen LogP contribution in [0.25, 0.3) is 11.0 Å². The van der Waals surface area contributed by atoms with Gasteiger partial charge < -0.3 is 9.88 Å². The minimum absolute atomic E-state index is 0.996. The number of nitrogens with one attached hydrogen (secondary N) is 1. The lowest BCUT2D eigenvalue weighted by molar-refractivity contribution is 0.633. The Kier molecular flexibility index (Phi) is 3.00. The van der Waals surface area contributed by atoms with Crippen molar-refractivity contribution in [1.29, 1.82) is 0 Å². The molecule has 3 nitrogen and oxygen atoms in total. The maximum Gasteiger partial charge on any atom is 0.203 e. The topological polar surface area (TPSA) is 29.9 Å². The van der Waals surface area contributed by atoms with Gasteiger partial charge in [-0.2, -0.15) is 0 Å². The van der Waals surface area contributed by atoms with Crippen molar-refractivity contribution in [3.05, 3.63) is 22.3 Å². The van der Waals surface area contributed by atoms with Gasteiger partial charge in [-0.25, -0.2) is 4.98 Å². The van der Waals surface area contributed by atoms with Crippen LogP contribution in [-0.2, 0) is 13.0 Å². The minimum atomic E-state index is 0.996. The van der Waals surface area contributed by atoms with Crippen molar-refractivity contribution in [2.24, 2.45) is 0 Å². The molecule has 3 rings (SSSR count). The van der Waals surface area contributed by atoms with Gasteiger partial charge in [0.2, 0.25) is 5.95 Å². The fourth-order valence-electron chi connectivity index (χ4n) is 3.19. The lowest BCUT2D eigenvalue weighted by Gasteiger charge is -2.20. The Hall–Kier alpha value is -1.51.